The van der Waals surface area contributed by atoms with E-state index in [0.29, 0.717) is 19.6 Å². The molecule has 1 aromatic rings. The van der Waals surface area contributed by atoms with Gasteiger partial charge in [0.1, 0.15) is 17.3 Å². The van der Waals surface area contributed by atoms with Gasteiger partial charge < -0.3 is 0 Å². The lowest BCUT2D eigenvalue weighted by molar-refractivity contribution is -0.120. The smallest absolute Gasteiger partial charge is 0.143 e. The van der Waals surface area contributed by atoms with Gasteiger partial charge in [-0.3, -0.25) is 34.0 Å². The van der Waals surface area contributed by atoms with Crippen LogP contribution >= 0.6 is 0 Å². The first-order chi connectivity index (χ1) is 15.7. The first-order valence-corrected chi connectivity index (χ1v) is 11.8. The highest BCUT2D eigenvalue weighted by atomic mass is 16.1. The van der Waals surface area contributed by atoms with Gasteiger partial charge in [-0.2, -0.15) is 0 Å². The number of benzene rings is 1. The van der Waals surface area contributed by atoms with E-state index in [0.717, 1.165) is 64.5 Å². The van der Waals surface area contributed by atoms with E-state index in [4.69, 9.17) is 0 Å². The summed E-state index contributed by atoms with van der Waals surface area (Å²) in [4.78, 5) is 44.4. The van der Waals surface area contributed by atoms with Crippen molar-refractivity contribution in [2.45, 2.75) is 27.3 Å². The molecule has 0 aliphatic carbocycles. The van der Waals surface area contributed by atoms with Crippen LogP contribution in [0.15, 0.2) is 30.8 Å². The lowest BCUT2D eigenvalue weighted by atomic mass is 10.1. The molecule has 182 valence electrons. The molecule has 0 bridgehead atoms. The van der Waals surface area contributed by atoms with Crippen LogP contribution in [0, 0.1) is 0 Å². The fraction of sp³-hybridized carbons (Fsp3) is 0.577. The van der Waals surface area contributed by atoms with E-state index < -0.39 is 0 Å². The Kier molecular flexibility index (Phi) is 11.6. The molecule has 0 radical (unpaired) electrons. The van der Waals surface area contributed by atoms with Crippen molar-refractivity contribution in [3.05, 3.63) is 42.0 Å². The van der Waals surface area contributed by atoms with E-state index in [9.17, 15) is 14.4 Å². The van der Waals surface area contributed by atoms with E-state index >= 15 is 0 Å². The summed E-state index contributed by atoms with van der Waals surface area (Å²) in [6.45, 7) is 16.9. The first kappa shape index (κ1) is 27.1. The summed E-state index contributed by atoms with van der Waals surface area (Å²) >= 11 is 0. The largest absolute Gasteiger partial charge is 0.299 e. The molecule has 0 atom stereocenters. The summed E-state index contributed by atoms with van der Waals surface area (Å²) in [7, 11) is 0. The fourth-order valence-electron chi connectivity index (χ4n) is 4.17. The SMILES string of the molecule is C=Cc1ccc(CN2CCN(CC(C)=O)CCN(CC(C)=O)CCN(CC(C)=O)CC2)cc1. The number of hydrogen-bond donors (Lipinski definition) is 0. The van der Waals surface area contributed by atoms with Crippen LogP contribution < -0.4 is 0 Å². The molecule has 33 heavy (non-hydrogen) atoms. The quantitative estimate of drug-likeness (QED) is 0.562. The Labute approximate surface area is 199 Å². The number of nitrogens with zero attached hydrogens (tertiary/aromatic N) is 4. The van der Waals surface area contributed by atoms with Crippen LogP contribution in [0.5, 0.6) is 0 Å². The zero-order valence-electron chi connectivity index (χ0n) is 20.6. The van der Waals surface area contributed by atoms with Gasteiger partial charge in [0.15, 0.2) is 0 Å². The molecule has 0 saturated carbocycles. The molecule has 7 nitrogen and oxygen atoms in total. The van der Waals surface area contributed by atoms with Crippen molar-refractivity contribution < 1.29 is 14.4 Å². The zero-order chi connectivity index (χ0) is 24.2. The first-order valence-electron chi connectivity index (χ1n) is 11.8. The van der Waals surface area contributed by atoms with Crippen molar-refractivity contribution in [3.63, 3.8) is 0 Å². The van der Waals surface area contributed by atoms with Gasteiger partial charge in [0.2, 0.25) is 0 Å². The predicted molar refractivity (Wildman–Crippen MR) is 133 cm³/mol. The monoisotopic (exact) mass is 456 g/mol. The second-order valence-corrected chi connectivity index (χ2v) is 9.16. The predicted octanol–water partition coefficient (Wildman–Crippen LogP) is 1.82. The molecule has 1 aliphatic rings. The van der Waals surface area contributed by atoms with Crippen LogP contribution in [0.2, 0.25) is 0 Å². The summed E-state index contributed by atoms with van der Waals surface area (Å²) in [6.07, 6.45) is 1.84. The van der Waals surface area contributed by atoms with Crippen LogP contribution in [0.4, 0.5) is 0 Å². The molecule has 1 saturated heterocycles. The van der Waals surface area contributed by atoms with Gasteiger partial charge in [0.25, 0.3) is 0 Å². The molecule has 1 fully saturated rings. The van der Waals surface area contributed by atoms with E-state index in [1.807, 2.05) is 6.08 Å². The minimum atomic E-state index is 0.131. The number of hydrogen-bond acceptors (Lipinski definition) is 7. The third-order valence-corrected chi connectivity index (χ3v) is 5.89. The third-order valence-electron chi connectivity index (χ3n) is 5.89. The summed E-state index contributed by atoms with van der Waals surface area (Å²) in [5.41, 5.74) is 2.33. The lowest BCUT2D eigenvalue weighted by Crippen LogP contribution is -2.48. The highest BCUT2D eigenvalue weighted by molar-refractivity contribution is 5.78. The highest BCUT2D eigenvalue weighted by Crippen LogP contribution is 2.10. The molecule has 1 aliphatic heterocycles. The number of ketones is 3. The molecule has 7 heteroatoms. The third kappa shape index (κ3) is 11.0. The summed E-state index contributed by atoms with van der Waals surface area (Å²) < 4.78 is 0. The second kappa shape index (κ2) is 14.2. The van der Waals surface area contributed by atoms with E-state index in [1.54, 1.807) is 20.8 Å². The molecule has 2 rings (SSSR count). The Balaban J connectivity index is 2.16. The van der Waals surface area contributed by atoms with Crippen LogP contribution in [0.3, 0.4) is 0 Å². The number of Topliss-reactive ketones (excluding diaryl/α,β-unsaturated/α-hetero) is 3. The van der Waals surface area contributed by atoms with Crippen molar-refractivity contribution in [1.29, 1.82) is 0 Å². The normalized spacial score (nSPS) is 18.3. The van der Waals surface area contributed by atoms with E-state index in [1.165, 1.54) is 5.56 Å². The standard InChI is InChI=1S/C26H40N4O3/c1-5-25-6-8-26(9-7-25)21-30-16-14-28(19-23(3)32)12-10-27(18-22(2)31)11-13-29(15-17-30)20-24(4)33/h5-9H,1,10-21H2,2-4H3. The average molecular weight is 457 g/mol. The van der Waals surface area contributed by atoms with Crippen molar-refractivity contribution in [2.75, 3.05) is 72.0 Å². The summed E-state index contributed by atoms with van der Waals surface area (Å²) in [5.74, 6) is 0.436. The average Bonchev–Trinajstić information content (AvgIpc) is 2.75. The van der Waals surface area contributed by atoms with Crippen LogP contribution in [0.25, 0.3) is 6.08 Å². The maximum Gasteiger partial charge on any atom is 0.143 e. The Morgan fingerprint density at radius 3 is 1.30 bits per heavy atom. The van der Waals surface area contributed by atoms with Gasteiger partial charge in [0, 0.05) is 58.9 Å². The van der Waals surface area contributed by atoms with Crippen LogP contribution in [0.1, 0.15) is 31.9 Å². The molecule has 0 amide bonds. The molecule has 0 spiro atoms. The van der Waals surface area contributed by atoms with Gasteiger partial charge in [-0.15, -0.1) is 0 Å². The topological polar surface area (TPSA) is 64.2 Å². The van der Waals surface area contributed by atoms with Gasteiger partial charge in [-0.1, -0.05) is 36.9 Å². The number of carbonyl (C=O) groups is 3. The minimum Gasteiger partial charge on any atom is -0.299 e. The van der Waals surface area contributed by atoms with Gasteiger partial charge in [0.05, 0.1) is 19.6 Å². The van der Waals surface area contributed by atoms with Crippen molar-refractivity contribution in [1.82, 2.24) is 19.6 Å². The number of carbonyl (C=O) groups excluding carboxylic acids is 3. The van der Waals surface area contributed by atoms with Crippen LogP contribution in [-0.4, -0.2) is 109 Å². The Morgan fingerprint density at radius 2 is 1.00 bits per heavy atom. The molecule has 1 heterocycles. The van der Waals surface area contributed by atoms with Crippen molar-refractivity contribution in [3.8, 4) is 0 Å². The maximum absolute atomic E-state index is 11.9. The summed E-state index contributed by atoms with van der Waals surface area (Å²) in [6, 6.07) is 8.42. The van der Waals surface area contributed by atoms with Gasteiger partial charge >= 0.3 is 0 Å². The lowest BCUT2D eigenvalue weighted by Gasteiger charge is -2.33. The fourth-order valence-corrected chi connectivity index (χ4v) is 4.17. The van der Waals surface area contributed by atoms with E-state index in [2.05, 4.69) is 50.4 Å². The minimum absolute atomic E-state index is 0.131. The maximum atomic E-state index is 11.9. The Bertz CT molecular complexity index is 761. The molecular formula is C26H40N4O3. The molecular weight excluding hydrogens is 416 g/mol. The van der Waals surface area contributed by atoms with Gasteiger partial charge in [-0.25, -0.2) is 0 Å². The van der Waals surface area contributed by atoms with Crippen molar-refractivity contribution in [2.24, 2.45) is 0 Å². The summed E-state index contributed by atoms with van der Waals surface area (Å²) in [5, 5.41) is 0. The molecule has 1 aromatic carbocycles. The zero-order valence-corrected chi connectivity index (χ0v) is 20.6. The molecule has 0 unspecified atom stereocenters. The molecule has 0 N–H and O–H groups in total. The second-order valence-electron chi connectivity index (χ2n) is 9.16. The van der Waals surface area contributed by atoms with Gasteiger partial charge in [-0.05, 0) is 31.9 Å². The Morgan fingerprint density at radius 1 is 0.667 bits per heavy atom. The molecule has 0 aromatic heterocycles. The Hall–Kier alpha value is -2.19. The number of rotatable bonds is 9. The van der Waals surface area contributed by atoms with Crippen LogP contribution in [-0.2, 0) is 20.9 Å². The van der Waals surface area contributed by atoms with Crippen molar-refractivity contribution >= 4 is 23.4 Å². The van der Waals surface area contributed by atoms with E-state index in [-0.39, 0.29) is 17.3 Å². The highest BCUT2D eigenvalue weighted by Gasteiger charge is 2.18.